The van der Waals surface area contributed by atoms with E-state index in [9.17, 15) is 22.8 Å². The van der Waals surface area contributed by atoms with E-state index in [1.165, 1.54) is 13.2 Å². The number of hydrogen-bond donors (Lipinski definition) is 2. The van der Waals surface area contributed by atoms with Gasteiger partial charge in [-0.1, -0.05) is 29.8 Å². The minimum atomic E-state index is -4.40. The average molecular weight is 562 g/mol. The first-order chi connectivity index (χ1) is 18.3. The first-order valence-corrected chi connectivity index (χ1v) is 12.8. The summed E-state index contributed by atoms with van der Waals surface area (Å²) in [6.45, 7) is 6.23. The third-order valence-corrected chi connectivity index (χ3v) is 6.92. The Hall–Kier alpha value is -3.52. The number of rotatable bonds is 7. The summed E-state index contributed by atoms with van der Waals surface area (Å²) in [6, 6.07) is 14.1. The van der Waals surface area contributed by atoms with E-state index in [2.05, 4.69) is 5.32 Å². The van der Waals surface area contributed by atoms with Gasteiger partial charge in [-0.3, -0.25) is 9.59 Å². The number of likely N-dealkylation sites (N-methyl/N-ethyl adjacent to an activating group) is 1. The minimum absolute atomic E-state index is 0.153. The van der Waals surface area contributed by atoms with Crippen molar-refractivity contribution in [2.45, 2.75) is 51.6 Å². The average Bonchev–Trinajstić information content (AvgIpc) is 3.65. The molecule has 1 aliphatic carbocycles. The number of carbonyl (C=O) groups is 2. The van der Waals surface area contributed by atoms with Crippen LogP contribution in [-0.4, -0.2) is 30.6 Å². The Bertz CT molecular complexity index is 1370. The summed E-state index contributed by atoms with van der Waals surface area (Å²) in [5.41, 5.74) is 3.36. The number of amides is 1. The van der Waals surface area contributed by atoms with Gasteiger partial charge in [0.2, 0.25) is 5.91 Å². The Morgan fingerprint density at radius 1 is 1.00 bits per heavy atom. The van der Waals surface area contributed by atoms with Gasteiger partial charge in [-0.25, -0.2) is 0 Å². The lowest BCUT2D eigenvalue weighted by atomic mass is 9.91. The summed E-state index contributed by atoms with van der Waals surface area (Å²) in [5, 5.41) is 12.5. The Morgan fingerprint density at radius 2 is 1.69 bits per heavy atom. The zero-order chi connectivity index (χ0) is 29.0. The molecule has 0 atom stereocenters. The van der Waals surface area contributed by atoms with Gasteiger partial charge in [0.25, 0.3) is 0 Å². The molecule has 4 rings (SSSR count). The topological polar surface area (TPSA) is 75.6 Å². The van der Waals surface area contributed by atoms with Crippen molar-refractivity contribution in [2.75, 3.05) is 13.7 Å². The van der Waals surface area contributed by atoms with Crippen molar-refractivity contribution in [3.05, 3.63) is 87.4 Å². The zero-order valence-corrected chi connectivity index (χ0v) is 23.0. The van der Waals surface area contributed by atoms with Gasteiger partial charge in [0.1, 0.15) is 5.75 Å². The van der Waals surface area contributed by atoms with E-state index in [0.717, 1.165) is 41.1 Å². The summed E-state index contributed by atoms with van der Waals surface area (Å²) >= 11 is 5.93. The predicted molar refractivity (Wildman–Crippen MR) is 145 cm³/mol. The van der Waals surface area contributed by atoms with Crippen LogP contribution in [0.1, 0.15) is 47.6 Å². The summed E-state index contributed by atoms with van der Waals surface area (Å²) < 4.78 is 43.5. The molecule has 3 aromatic rings. The second-order valence-corrected chi connectivity index (χ2v) is 9.97. The maximum absolute atomic E-state index is 12.8. The normalized spacial score (nSPS) is 13.6. The van der Waals surface area contributed by atoms with Gasteiger partial charge < -0.3 is 15.2 Å². The second kappa shape index (κ2) is 12.1. The predicted octanol–water partition coefficient (Wildman–Crippen LogP) is 7.13. The molecule has 0 bridgehead atoms. The maximum atomic E-state index is 12.8. The standard InChI is InChI=1S/C17H15F3O3.C13H16ClNO/c1-10-7-12(17(18,19)20)4-5-13(10)14-8-11(9-16(21)22)3-6-15(14)23-2;1-3-15-12(16)13(6-7-13)11-5-4-10(14)8-9(11)2/h3-8H,9H2,1-2H3,(H,21,22);4-5,8H,3,6-7H2,1-2H3,(H,15,16). The van der Waals surface area contributed by atoms with Crippen LogP contribution in [0, 0.1) is 13.8 Å². The fourth-order valence-corrected chi connectivity index (χ4v) is 4.86. The summed E-state index contributed by atoms with van der Waals surface area (Å²) in [7, 11) is 1.45. The smallest absolute Gasteiger partial charge is 0.416 e. The molecule has 1 aliphatic rings. The van der Waals surface area contributed by atoms with E-state index in [-0.39, 0.29) is 17.7 Å². The van der Waals surface area contributed by atoms with E-state index >= 15 is 0 Å². The number of methoxy groups -OCH3 is 1. The monoisotopic (exact) mass is 561 g/mol. The number of carboxylic acid groups (broad SMARTS) is 1. The largest absolute Gasteiger partial charge is 0.496 e. The number of benzene rings is 3. The molecule has 0 aromatic heterocycles. The summed E-state index contributed by atoms with van der Waals surface area (Å²) in [4.78, 5) is 22.9. The molecule has 0 radical (unpaired) electrons. The zero-order valence-electron chi connectivity index (χ0n) is 22.2. The number of ether oxygens (including phenoxy) is 1. The van der Waals surface area contributed by atoms with Gasteiger partial charge in [0.05, 0.1) is 24.5 Å². The molecule has 0 heterocycles. The third-order valence-electron chi connectivity index (χ3n) is 6.69. The molecule has 9 heteroatoms. The lowest BCUT2D eigenvalue weighted by Crippen LogP contribution is -2.34. The molecule has 208 valence electrons. The Kier molecular flexibility index (Phi) is 9.33. The molecule has 39 heavy (non-hydrogen) atoms. The Labute approximate surface area is 231 Å². The molecular weight excluding hydrogens is 531 g/mol. The van der Waals surface area contributed by atoms with Crippen molar-refractivity contribution in [3.8, 4) is 16.9 Å². The minimum Gasteiger partial charge on any atom is -0.496 e. The van der Waals surface area contributed by atoms with Crippen molar-refractivity contribution in [1.82, 2.24) is 5.32 Å². The number of hydrogen-bond acceptors (Lipinski definition) is 3. The lowest BCUT2D eigenvalue weighted by molar-refractivity contribution is -0.138. The van der Waals surface area contributed by atoms with Gasteiger partial charge >= 0.3 is 12.1 Å². The molecule has 0 spiro atoms. The van der Waals surface area contributed by atoms with Crippen LogP contribution in [0.2, 0.25) is 5.02 Å². The fraction of sp³-hybridized carbons (Fsp3) is 0.333. The van der Waals surface area contributed by atoms with E-state index in [4.69, 9.17) is 21.4 Å². The number of nitrogens with one attached hydrogen (secondary N) is 1. The molecule has 1 amide bonds. The highest BCUT2D eigenvalue weighted by Crippen LogP contribution is 2.49. The SMILES string of the molecule is CCNC(=O)C1(c2ccc(Cl)cc2C)CC1.COc1ccc(CC(=O)O)cc1-c1ccc(C(F)(F)F)cc1C. The van der Waals surface area contributed by atoms with E-state index < -0.39 is 17.7 Å². The number of alkyl halides is 3. The first-order valence-electron chi connectivity index (χ1n) is 12.4. The first kappa shape index (κ1) is 30.0. The van der Waals surface area contributed by atoms with Crippen LogP contribution in [0.15, 0.2) is 54.6 Å². The number of carbonyl (C=O) groups excluding carboxylic acids is 1. The van der Waals surface area contributed by atoms with Gasteiger partial charge in [-0.05, 0) is 97.8 Å². The van der Waals surface area contributed by atoms with Crippen LogP contribution >= 0.6 is 11.6 Å². The Balaban J connectivity index is 0.000000230. The summed E-state index contributed by atoms with van der Waals surface area (Å²) in [6.07, 6.45) is -2.68. The lowest BCUT2D eigenvalue weighted by Gasteiger charge is -2.17. The van der Waals surface area contributed by atoms with Crippen LogP contribution in [0.3, 0.4) is 0 Å². The molecule has 0 aliphatic heterocycles. The molecule has 1 saturated carbocycles. The van der Waals surface area contributed by atoms with Crippen LogP contribution in [0.4, 0.5) is 13.2 Å². The van der Waals surface area contributed by atoms with Gasteiger partial charge in [0, 0.05) is 17.1 Å². The number of aliphatic carboxylic acids is 1. The summed E-state index contributed by atoms with van der Waals surface area (Å²) in [5.74, 6) is -0.354. The van der Waals surface area contributed by atoms with Gasteiger partial charge in [-0.2, -0.15) is 13.2 Å². The second-order valence-electron chi connectivity index (χ2n) is 9.53. The van der Waals surface area contributed by atoms with Crippen LogP contribution in [0.25, 0.3) is 11.1 Å². The van der Waals surface area contributed by atoms with Gasteiger partial charge in [0.15, 0.2) is 0 Å². The van der Waals surface area contributed by atoms with Crippen LogP contribution < -0.4 is 10.1 Å². The number of aryl methyl sites for hydroxylation is 2. The van der Waals surface area contributed by atoms with Crippen molar-refractivity contribution in [3.63, 3.8) is 0 Å². The van der Waals surface area contributed by atoms with Crippen molar-refractivity contribution < 1.29 is 32.6 Å². The van der Waals surface area contributed by atoms with Gasteiger partial charge in [-0.15, -0.1) is 0 Å². The molecule has 0 saturated heterocycles. The van der Waals surface area contributed by atoms with Crippen molar-refractivity contribution in [1.29, 1.82) is 0 Å². The third kappa shape index (κ3) is 7.12. The number of carboxylic acids is 1. The fourth-order valence-electron chi connectivity index (χ4n) is 4.63. The number of halogens is 4. The maximum Gasteiger partial charge on any atom is 0.416 e. The van der Waals surface area contributed by atoms with E-state index in [1.54, 1.807) is 25.1 Å². The molecule has 1 fully saturated rings. The highest BCUT2D eigenvalue weighted by atomic mass is 35.5. The Morgan fingerprint density at radius 3 is 2.21 bits per heavy atom. The van der Waals surface area contributed by atoms with Crippen molar-refractivity contribution >= 4 is 23.5 Å². The van der Waals surface area contributed by atoms with Crippen LogP contribution in [-0.2, 0) is 27.6 Å². The molecule has 5 nitrogen and oxygen atoms in total. The van der Waals surface area contributed by atoms with E-state index in [0.29, 0.717) is 34.5 Å². The highest BCUT2D eigenvalue weighted by molar-refractivity contribution is 6.30. The van der Waals surface area contributed by atoms with Crippen LogP contribution in [0.5, 0.6) is 5.75 Å². The highest BCUT2D eigenvalue weighted by Gasteiger charge is 2.51. The quantitative estimate of drug-likeness (QED) is 0.322. The van der Waals surface area contributed by atoms with Crippen molar-refractivity contribution in [2.24, 2.45) is 0 Å². The molecule has 0 unspecified atom stereocenters. The molecule has 3 aromatic carbocycles. The van der Waals surface area contributed by atoms with E-state index in [1.807, 2.05) is 32.0 Å². The molecular formula is C30H31ClF3NO4. The molecule has 2 N–H and O–H groups in total.